The lowest BCUT2D eigenvalue weighted by Gasteiger charge is -2.11. The zero-order chi connectivity index (χ0) is 17.1. The summed E-state index contributed by atoms with van der Waals surface area (Å²) in [4.78, 5) is 15.7. The van der Waals surface area contributed by atoms with Crippen molar-refractivity contribution in [3.05, 3.63) is 76.3 Å². The van der Waals surface area contributed by atoms with Gasteiger partial charge in [0.15, 0.2) is 0 Å². The summed E-state index contributed by atoms with van der Waals surface area (Å²) in [5.41, 5.74) is 1.12. The Morgan fingerprint density at radius 1 is 0.917 bits per heavy atom. The summed E-state index contributed by atoms with van der Waals surface area (Å²) in [6.45, 7) is 0. The van der Waals surface area contributed by atoms with Gasteiger partial charge in [-0.15, -0.1) is 0 Å². The molecule has 4 nitrogen and oxygen atoms in total. The maximum absolute atomic E-state index is 11.4. The molecule has 2 aromatic carbocycles. The first-order chi connectivity index (χ1) is 11.6. The summed E-state index contributed by atoms with van der Waals surface area (Å²) in [6.07, 6.45) is 0. The molecule has 0 fully saturated rings. The predicted molar refractivity (Wildman–Crippen MR) is 93.2 cm³/mol. The van der Waals surface area contributed by atoms with Gasteiger partial charge in [0.1, 0.15) is 11.3 Å². The standard InChI is InChI=1S/C18H11Cl2NO3/c19-13-6-2-1-5-11(13)15-10-9-12(18(22)23)17(21-15)24-16-8-4-3-7-14(16)20/h1-10H,(H,22,23). The van der Waals surface area contributed by atoms with Gasteiger partial charge in [-0.05, 0) is 30.3 Å². The summed E-state index contributed by atoms with van der Waals surface area (Å²) in [5, 5.41) is 10.2. The van der Waals surface area contributed by atoms with Crippen molar-refractivity contribution in [2.45, 2.75) is 0 Å². The molecule has 0 saturated heterocycles. The third kappa shape index (κ3) is 3.35. The maximum atomic E-state index is 11.4. The fourth-order valence-electron chi connectivity index (χ4n) is 2.13. The van der Waals surface area contributed by atoms with Crippen LogP contribution in [0.25, 0.3) is 11.3 Å². The zero-order valence-electron chi connectivity index (χ0n) is 12.2. The summed E-state index contributed by atoms with van der Waals surface area (Å²) in [7, 11) is 0. The minimum atomic E-state index is -1.14. The number of carbonyl (C=O) groups is 1. The molecule has 0 unspecified atom stereocenters. The number of aromatic nitrogens is 1. The number of carboxylic acids is 1. The van der Waals surface area contributed by atoms with E-state index in [0.29, 0.717) is 27.1 Å². The summed E-state index contributed by atoms with van der Waals surface area (Å²) >= 11 is 12.2. The van der Waals surface area contributed by atoms with Crippen LogP contribution in [-0.2, 0) is 0 Å². The van der Waals surface area contributed by atoms with E-state index < -0.39 is 5.97 Å². The topological polar surface area (TPSA) is 59.4 Å². The zero-order valence-corrected chi connectivity index (χ0v) is 13.8. The van der Waals surface area contributed by atoms with Gasteiger partial charge in [-0.3, -0.25) is 0 Å². The van der Waals surface area contributed by atoms with Gasteiger partial charge >= 0.3 is 5.97 Å². The van der Waals surface area contributed by atoms with Crippen LogP contribution >= 0.6 is 23.2 Å². The van der Waals surface area contributed by atoms with Crippen LogP contribution in [0.1, 0.15) is 10.4 Å². The highest BCUT2D eigenvalue weighted by Crippen LogP contribution is 2.33. The molecule has 0 bridgehead atoms. The van der Waals surface area contributed by atoms with Gasteiger partial charge in [0, 0.05) is 10.6 Å². The number of ether oxygens (including phenoxy) is 1. The second-order valence-corrected chi connectivity index (χ2v) is 5.68. The Hall–Kier alpha value is -2.56. The van der Waals surface area contributed by atoms with Crippen molar-refractivity contribution in [1.29, 1.82) is 0 Å². The monoisotopic (exact) mass is 359 g/mol. The molecular weight excluding hydrogens is 349 g/mol. The molecule has 0 aliphatic heterocycles. The van der Waals surface area contributed by atoms with E-state index in [1.165, 1.54) is 6.07 Å². The van der Waals surface area contributed by atoms with Crippen LogP contribution in [0.4, 0.5) is 0 Å². The SMILES string of the molecule is O=C(O)c1ccc(-c2ccccc2Cl)nc1Oc1ccccc1Cl. The highest BCUT2D eigenvalue weighted by Gasteiger charge is 2.17. The van der Waals surface area contributed by atoms with E-state index in [2.05, 4.69) is 4.98 Å². The van der Waals surface area contributed by atoms with Crippen molar-refractivity contribution in [2.24, 2.45) is 0 Å². The van der Waals surface area contributed by atoms with E-state index >= 15 is 0 Å². The van der Waals surface area contributed by atoms with Crippen molar-refractivity contribution in [1.82, 2.24) is 4.98 Å². The molecule has 0 amide bonds. The second-order valence-electron chi connectivity index (χ2n) is 4.87. The normalized spacial score (nSPS) is 10.4. The molecule has 0 aliphatic carbocycles. The smallest absolute Gasteiger partial charge is 0.341 e. The Kier molecular flexibility index (Phi) is 4.69. The fraction of sp³-hybridized carbons (Fsp3) is 0. The molecule has 3 rings (SSSR count). The number of para-hydroxylation sites is 1. The second kappa shape index (κ2) is 6.91. The molecule has 6 heteroatoms. The number of hydrogen-bond acceptors (Lipinski definition) is 3. The van der Waals surface area contributed by atoms with Crippen LogP contribution in [0.2, 0.25) is 10.0 Å². The minimum Gasteiger partial charge on any atom is -0.477 e. The van der Waals surface area contributed by atoms with Gasteiger partial charge in [0.05, 0.1) is 10.7 Å². The summed E-state index contributed by atoms with van der Waals surface area (Å²) < 4.78 is 5.64. The average molecular weight is 360 g/mol. The fourth-order valence-corrected chi connectivity index (χ4v) is 2.54. The first-order valence-electron chi connectivity index (χ1n) is 6.98. The third-order valence-electron chi connectivity index (χ3n) is 3.28. The number of rotatable bonds is 4. The van der Waals surface area contributed by atoms with Crippen LogP contribution in [-0.4, -0.2) is 16.1 Å². The van der Waals surface area contributed by atoms with E-state index in [9.17, 15) is 9.90 Å². The predicted octanol–water partition coefficient (Wildman–Crippen LogP) is 5.55. The Morgan fingerprint density at radius 2 is 1.58 bits per heavy atom. The minimum absolute atomic E-state index is 0.0481. The number of carboxylic acid groups (broad SMARTS) is 1. The molecule has 0 spiro atoms. The highest BCUT2D eigenvalue weighted by atomic mass is 35.5. The lowest BCUT2D eigenvalue weighted by Crippen LogP contribution is -2.03. The molecule has 120 valence electrons. The van der Waals surface area contributed by atoms with Gasteiger partial charge < -0.3 is 9.84 Å². The molecule has 1 N–H and O–H groups in total. The Balaban J connectivity index is 2.09. The number of benzene rings is 2. The van der Waals surface area contributed by atoms with Crippen LogP contribution in [0, 0.1) is 0 Å². The molecule has 0 aliphatic rings. The Labute approximate surface area is 148 Å². The molecule has 0 saturated carbocycles. The molecule has 3 aromatic rings. The molecule has 1 aromatic heterocycles. The van der Waals surface area contributed by atoms with Crippen molar-refractivity contribution in [2.75, 3.05) is 0 Å². The first-order valence-corrected chi connectivity index (χ1v) is 7.73. The van der Waals surface area contributed by atoms with Crippen LogP contribution < -0.4 is 4.74 Å². The lowest BCUT2D eigenvalue weighted by molar-refractivity contribution is 0.0693. The molecule has 1 heterocycles. The van der Waals surface area contributed by atoms with E-state index in [1.807, 2.05) is 6.07 Å². The van der Waals surface area contributed by atoms with Crippen molar-refractivity contribution in [3.8, 4) is 22.9 Å². The summed E-state index contributed by atoms with van der Waals surface area (Å²) in [5.74, 6) is -0.867. The summed E-state index contributed by atoms with van der Waals surface area (Å²) in [6, 6.07) is 16.9. The van der Waals surface area contributed by atoms with E-state index in [0.717, 1.165) is 0 Å². The number of pyridine rings is 1. The number of halogens is 2. The quantitative estimate of drug-likeness (QED) is 0.663. The van der Waals surface area contributed by atoms with Gasteiger partial charge in [-0.2, -0.15) is 0 Å². The van der Waals surface area contributed by atoms with Crippen molar-refractivity contribution < 1.29 is 14.6 Å². The number of nitrogens with zero attached hydrogens (tertiary/aromatic N) is 1. The van der Waals surface area contributed by atoms with E-state index in [1.54, 1.807) is 48.5 Å². The third-order valence-corrected chi connectivity index (χ3v) is 3.93. The van der Waals surface area contributed by atoms with Gasteiger partial charge in [-0.25, -0.2) is 9.78 Å². The maximum Gasteiger partial charge on any atom is 0.341 e. The van der Waals surface area contributed by atoms with Crippen LogP contribution in [0.3, 0.4) is 0 Å². The molecule has 0 radical (unpaired) electrons. The average Bonchev–Trinajstić information content (AvgIpc) is 2.57. The van der Waals surface area contributed by atoms with Gasteiger partial charge in [0.2, 0.25) is 5.88 Å². The highest BCUT2D eigenvalue weighted by molar-refractivity contribution is 6.33. The first kappa shape index (κ1) is 16.3. The largest absolute Gasteiger partial charge is 0.477 e. The van der Waals surface area contributed by atoms with E-state index in [4.69, 9.17) is 27.9 Å². The Bertz CT molecular complexity index is 912. The lowest BCUT2D eigenvalue weighted by atomic mass is 10.1. The van der Waals surface area contributed by atoms with Crippen LogP contribution in [0.5, 0.6) is 11.6 Å². The Morgan fingerprint density at radius 3 is 2.25 bits per heavy atom. The van der Waals surface area contributed by atoms with Crippen molar-refractivity contribution >= 4 is 29.2 Å². The van der Waals surface area contributed by atoms with Gasteiger partial charge in [0.25, 0.3) is 0 Å². The van der Waals surface area contributed by atoms with Crippen molar-refractivity contribution in [3.63, 3.8) is 0 Å². The molecule has 24 heavy (non-hydrogen) atoms. The number of hydrogen-bond donors (Lipinski definition) is 1. The molecular formula is C18H11Cl2NO3. The molecule has 0 atom stereocenters. The van der Waals surface area contributed by atoms with E-state index in [-0.39, 0.29) is 11.4 Å². The van der Waals surface area contributed by atoms with Gasteiger partial charge in [-0.1, -0.05) is 53.5 Å². The number of aromatic carboxylic acids is 1. The van der Waals surface area contributed by atoms with Crippen LogP contribution in [0.15, 0.2) is 60.7 Å².